The molecule has 9 aromatic rings. The molecule has 1 heteroatoms. The van der Waals surface area contributed by atoms with E-state index >= 15 is 0 Å². The minimum atomic E-state index is -0.0779. The molecule has 0 aliphatic heterocycles. The van der Waals surface area contributed by atoms with Crippen LogP contribution < -0.4 is 0 Å². The third kappa shape index (κ3) is 3.85. The lowest BCUT2D eigenvalue weighted by molar-refractivity contribution is 0.660. The molecule has 1 aliphatic rings. The van der Waals surface area contributed by atoms with Crippen LogP contribution in [0.15, 0.2) is 162 Å². The molecule has 10 rings (SSSR count). The number of hydrogen-bond donors (Lipinski definition) is 0. The van der Waals surface area contributed by atoms with E-state index in [1.165, 1.54) is 77.2 Å². The minimum absolute atomic E-state index is 0.0779. The third-order valence-electron chi connectivity index (χ3n) is 10.7. The number of fused-ring (bicyclic) bond motifs is 8. The van der Waals surface area contributed by atoms with Crippen molar-refractivity contribution in [2.24, 2.45) is 0 Å². The fourth-order valence-electron chi connectivity index (χ4n) is 8.35. The predicted molar refractivity (Wildman–Crippen MR) is 203 cm³/mol. The van der Waals surface area contributed by atoms with Crippen LogP contribution >= 0.6 is 0 Å². The average Bonchev–Trinajstić information content (AvgIpc) is 3.62. The highest BCUT2D eigenvalue weighted by Crippen LogP contribution is 2.51. The first-order chi connectivity index (χ1) is 23.6. The Morgan fingerprint density at radius 1 is 0.354 bits per heavy atom. The second kappa shape index (κ2) is 10.0. The van der Waals surface area contributed by atoms with Gasteiger partial charge >= 0.3 is 0 Å². The smallest absolute Gasteiger partial charge is 0.135 e. The zero-order chi connectivity index (χ0) is 32.0. The van der Waals surface area contributed by atoms with Gasteiger partial charge in [-0.3, -0.25) is 0 Å². The molecule has 0 fully saturated rings. The first-order valence-electron chi connectivity index (χ1n) is 16.8. The number of para-hydroxylation sites is 1. The van der Waals surface area contributed by atoms with Crippen LogP contribution in [0.3, 0.4) is 0 Å². The van der Waals surface area contributed by atoms with Gasteiger partial charge in [-0.2, -0.15) is 0 Å². The van der Waals surface area contributed by atoms with E-state index in [2.05, 4.69) is 166 Å². The molecule has 0 atom stereocenters. The second-order valence-corrected chi connectivity index (χ2v) is 13.7. The summed E-state index contributed by atoms with van der Waals surface area (Å²) in [5, 5.41) is 7.31. The van der Waals surface area contributed by atoms with Gasteiger partial charge in [0.2, 0.25) is 0 Å². The Morgan fingerprint density at radius 3 is 1.75 bits per heavy atom. The Labute approximate surface area is 279 Å². The second-order valence-electron chi connectivity index (χ2n) is 13.7. The maximum Gasteiger partial charge on any atom is 0.135 e. The molecule has 0 bridgehead atoms. The van der Waals surface area contributed by atoms with Crippen molar-refractivity contribution in [2.45, 2.75) is 19.3 Å². The summed E-state index contributed by atoms with van der Waals surface area (Å²) in [6.45, 7) is 4.73. The third-order valence-corrected chi connectivity index (χ3v) is 10.7. The van der Waals surface area contributed by atoms with Crippen molar-refractivity contribution < 1.29 is 4.42 Å². The topological polar surface area (TPSA) is 13.1 Å². The Kier molecular flexibility index (Phi) is 5.69. The van der Waals surface area contributed by atoms with Gasteiger partial charge in [-0.1, -0.05) is 141 Å². The molecule has 0 saturated heterocycles. The zero-order valence-corrected chi connectivity index (χ0v) is 26.9. The van der Waals surface area contributed by atoms with E-state index in [4.69, 9.17) is 4.42 Å². The summed E-state index contributed by atoms with van der Waals surface area (Å²) in [4.78, 5) is 0. The van der Waals surface area contributed by atoms with Gasteiger partial charge in [0.1, 0.15) is 11.2 Å². The van der Waals surface area contributed by atoms with Crippen molar-refractivity contribution in [1.29, 1.82) is 0 Å². The molecule has 226 valence electrons. The summed E-state index contributed by atoms with van der Waals surface area (Å²) in [5.74, 6) is 0. The van der Waals surface area contributed by atoms with Gasteiger partial charge in [0.25, 0.3) is 0 Å². The Bertz CT molecular complexity index is 2740. The van der Waals surface area contributed by atoms with E-state index in [0.29, 0.717) is 0 Å². The summed E-state index contributed by atoms with van der Waals surface area (Å²) in [5.41, 5.74) is 14.7. The molecular formula is C47H32O. The normalized spacial score (nSPS) is 13.4. The van der Waals surface area contributed by atoms with Crippen LogP contribution in [0.5, 0.6) is 0 Å². The Morgan fingerprint density at radius 2 is 0.917 bits per heavy atom. The quantitative estimate of drug-likeness (QED) is 0.181. The maximum absolute atomic E-state index is 6.24. The van der Waals surface area contributed by atoms with E-state index in [9.17, 15) is 0 Å². The number of benzene rings is 8. The highest BCUT2D eigenvalue weighted by atomic mass is 16.3. The summed E-state index contributed by atoms with van der Waals surface area (Å²) < 4.78 is 6.24. The van der Waals surface area contributed by atoms with Crippen LogP contribution in [0.2, 0.25) is 0 Å². The molecule has 0 saturated carbocycles. The van der Waals surface area contributed by atoms with Crippen molar-refractivity contribution >= 4 is 43.5 Å². The van der Waals surface area contributed by atoms with Gasteiger partial charge in [0.05, 0.1) is 0 Å². The maximum atomic E-state index is 6.24. The van der Waals surface area contributed by atoms with Gasteiger partial charge < -0.3 is 4.42 Å². The van der Waals surface area contributed by atoms with Crippen molar-refractivity contribution in [1.82, 2.24) is 0 Å². The summed E-state index contributed by atoms with van der Waals surface area (Å²) in [6.07, 6.45) is 0. The number of furan rings is 1. The molecule has 0 unspecified atom stereocenters. The van der Waals surface area contributed by atoms with Crippen molar-refractivity contribution in [3.63, 3.8) is 0 Å². The Balaban J connectivity index is 1.30. The largest absolute Gasteiger partial charge is 0.456 e. The molecule has 48 heavy (non-hydrogen) atoms. The average molecular weight is 613 g/mol. The van der Waals surface area contributed by atoms with Gasteiger partial charge in [0.15, 0.2) is 0 Å². The molecule has 1 heterocycles. The first kappa shape index (κ1) is 27.2. The van der Waals surface area contributed by atoms with E-state index in [1.807, 2.05) is 6.07 Å². The molecule has 0 amide bonds. The lowest BCUT2D eigenvalue weighted by atomic mass is 9.80. The predicted octanol–water partition coefficient (Wildman–Crippen LogP) is 13.2. The van der Waals surface area contributed by atoms with E-state index in [-0.39, 0.29) is 5.41 Å². The van der Waals surface area contributed by atoms with Crippen LogP contribution in [-0.2, 0) is 5.41 Å². The van der Waals surface area contributed by atoms with Gasteiger partial charge in [0, 0.05) is 16.2 Å². The molecule has 1 aliphatic carbocycles. The van der Waals surface area contributed by atoms with E-state index in [0.717, 1.165) is 21.9 Å². The standard InChI is InChI=1S/C47H32O/c1-47(2)41-18-10-8-14-33(41)34-23-21-32(28-42(34)47)46-37-17-7-6-16-36(37)45(38-24-20-30(26-40(38)46)29-12-4-3-5-13-29)31-22-25-44-39(27-31)35-15-9-11-19-43(35)48-44/h3-28H,1-2H3. The van der Waals surface area contributed by atoms with E-state index in [1.54, 1.807) is 0 Å². The molecule has 0 N–H and O–H groups in total. The summed E-state index contributed by atoms with van der Waals surface area (Å²) in [7, 11) is 0. The minimum Gasteiger partial charge on any atom is -0.456 e. The molecule has 0 spiro atoms. The number of hydrogen-bond acceptors (Lipinski definition) is 1. The van der Waals surface area contributed by atoms with Crippen molar-refractivity contribution in [3.05, 3.63) is 169 Å². The highest BCUT2D eigenvalue weighted by Gasteiger charge is 2.35. The summed E-state index contributed by atoms with van der Waals surface area (Å²) in [6, 6.07) is 57.8. The fraction of sp³-hybridized carbons (Fsp3) is 0.0638. The van der Waals surface area contributed by atoms with Crippen LogP contribution in [0, 0.1) is 0 Å². The molecule has 0 radical (unpaired) electrons. The summed E-state index contributed by atoms with van der Waals surface area (Å²) >= 11 is 0. The van der Waals surface area contributed by atoms with Gasteiger partial charge in [-0.05, 0) is 108 Å². The molecular weight excluding hydrogens is 581 g/mol. The van der Waals surface area contributed by atoms with Crippen molar-refractivity contribution in [3.8, 4) is 44.5 Å². The molecule has 1 nitrogen and oxygen atoms in total. The van der Waals surface area contributed by atoms with Crippen LogP contribution in [0.25, 0.3) is 88.0 Å². The van der Waals surface area contributed by atoms with Crippen LogP contribution in [-0.4, -0.2) is 0 Å². The first-order valence-corrected chi connectivity index (χ1v) is 16.8. The van der Waals surface area contributed by atoms with Crippen LogP contribution in [0.1, 0.15) is 25.0 Å². The van der Waals surface area contributed by atoms with Gasteiger partial charge in [-0.25, -0.2) is 0 Å². The highest BCUT2D eigenvalue weighted by molar-refractivity contribution is 6.22. The number of rotatable bonds is 3. The molecule has 1 aromatic heterocycles. The van der Waals surface area contributed by atoms with Gasteiger partial charge in [-0.15, -0.1) is 0 Å². The fourth-order valence-corrected chi connectivity index (χ4v) is 8.35. The zero-order valence-electron chi connectivity index (χ0n) is 26.9. The van der Waals surface area contributed by atoms with Crippen LogP contribution in [0.4, 0.5) is 0 Å². The Hall–Kier alpha value is -5.92. The molecule has 8 aromatic carbocycles. The lowest BCUT2D eigenvalue weighted by Gasteiger charge is -2.23. The monoisotopic (exact) mass is 612 g/mol. The van der Waals surface area contributed by atoms with Crippen molar-refractivity contribution in [2.75, 3.05) is 0 Å². The SMILES string of the molecule is CC1(C)c2ccccc2-c2ccc(-c3c4ccccc4c(-c4ccc5oc6ccccc6c5c4)c4ccc(-c5ccccc5)cc34)cc21. The van der Waals surface area contributed by atoms with E-state index < -0.39 is 0 Å². The lowest BCUT2D eigenvalue weighted by Crippen LogP contribution is -2.14.